The normalized spacial score (nSPS) is 16.9. The van der Waals surface area contributed by atoms with E-state index in [1.54, 1.807) is 49.5 Å². The van der Waals surface area contributed by atoms with Crippen LogP contribution in [0.15, 0.2) is 60.9 Å². The molecule has 2 fully saturated rings. The molecule has 2 aromatic carbocycles. The van der Waals surface area contributed by atoms with Gasteiger partial charge in [0.15, 0.2) is 0 Å². The lowest BCUT2D eigenvalue weighted by atomic mass is 10.0. The van der Waals surface area contributed by atoms with E-state index in [1.165, 1.54) is 9.80 Å². The molecule has 2 saturated heterocycles. The topological polar surface area (TPSA) is 410 Å². The van der Waals surface area contributed by atoms with Crippen molar-refractivity contribution >= 4 is 59.6 Å². The highest BCUT2D eigenvalue weighted by molar-refractivity contribution is 5.95. The Morgan fingerprint density at radius 1 is 0.512 bits per heavy atom. The third-order valence-corrected chi connectivity index (χ3v) is 14.5. The number of hydrogen-bond acceptors (Lipinski definition) is 18. The first-order valence-corrected chi connectivity index (χ1v) is 28.3. The Balaban J connectivity index is 1.10. The van der Waals surface area contributed by atoms with Crippen LogP contribution in [0.25, 0.3) is 22.5 Å². The number of aliphatic hydroxyl groups is 2. The number of likely N-dealkylation sites (tertiary alicyclic amines) is 2. The zero-order chi connectivity index (χ0) is 62.8. The molecule has 10 N–H and O–H groups in total. The van der Waals surface area contributed by atoms with Gasteiger partial charge < -0.3 is 71.6 Å². The number of aliphatic hydroxyl groups excluding tert-OH is 2. The van der Waals surface area contributed by atoms with Gasteiger partial charge >= 0.3 is 24.1 Å². The summed E-state index contributed by atoms with van der Waals surface area (Å²) in [5.41, 5.74) is 3.95. The van der Waals surface area contributed by atoms with E-state index in [0.29, 0.717) is 48.4 Å². The van der Waals surface area contributed by atoms with Crippen molar-refractivity contribution in [1.82, 2.24) is 71.7 Å². The third kappa shape index (κ3) is 18.0. The van der Waals surface area contributed by atoms with Crippen LogP contribution in [-0.4, -0.2) is 197 Å². The molecule has 2 unspecified atom stereocenters. The number of aliphatic carboxylic acids is 2. The molecule has 4 heterocycles. The van der Waals surface area contributed by atoms with Crippen LogP contribution in [0, 0.1) is 11.8 Å². The van der Waals surface area contributed by atoms with Gasteiger partial charge in [0.2, 0.25) is 35.4 Å². The average Bonchev–Trinajstić information content (AvgIpc) is 4.32. The molecule has 466 valence electrons. The summed E-state index contributed by atoms with van der Waals surface area (Å²) in [5.74, 6) is -7.03. The van der Waals surface area contributed by atoms with Gasteiger partial charge in [0.25, 0.3) is 0 Å². The summed E-state index contributed by atoms with van der Waals surface area (Å²) in [6.45, 7) is 6.18. The van der Waals surface area contributed by atoms with Crippen molar-refractivity contribution in [3.8, 4) is 22.5 Å². The fraction of sp³-hybridized carbons (Fsp3) is 0.536. The van der Waals surface area contributed by atoms with Crippen molar-refractivity contribution in [2.75, 3.05) is 40.5 Å². The largest absolute Gasteiger partial charge is 0.481 e. The second kappa shape index (κ2) is 31.2. The molecule has 0 bridgehead atoms. The number of nitrogens with one attached hydrogen (secondary N) is 6. The fourth-order valence-corrected chi connectivity index (χ4v) is 10.1. The zero-order valence-electron chi connectivity index (χ0n) is 48.7. The number of carbonyl (C=O) groups is 10. The van der Waals surface area contributed by atoms with Gasteiger partial charge in [-0.3, -0.25) is 38.4 Å². The number of rotatable bonds is 29. The van der Waals surface area contributed by atoms with Crippen molar-refractivity contribution in [3.63, 3.8) is 0 Å². The molecule has 8 atom stereocenters. The molecule has 0 spiro atoms. The predicted molar refractivity (Wildman–Crippen MR) is 302 cm³/mol. The van der Waals surface area contributed by atoms with Gasteiger partial charge in [-0.15, -0.1) is 10.2 Å². The van der Waals surface area contributed by atoms with Crippen LogP contribution < -0.4 is 31.9 Å². The van der Waals surface area contributed by atoms with E-state index in [1.807, 2.05) is 48.5 Å². The van der Waals surface area contributed by atoms with Crippen molar-refractivity contribution in [2.45, 2.75) is 140 Å². The van der Waals surface area contributed by atoms with Crippen molar-refractivity contribution in [3.05, 3.63) is 72.3 Å². The van der Waals surface area contributed by atoms with Crippen LogP contribution in [-0.2, 0) is 47.8 Å². The highest BCUT2D eigenvalue weighted by Crippen LogP contribution is 2.34. The Morgan fingerprint density at radius 2 is 0.849 bits per heavy atom. The van der Waals surface area contributed by atoms with Crippen LogP contribution in [0.4, 0.5) is 9.59 Å². The van der Waals surface area contributed by atoms with Crippen molar-refractivity contribution < 1.29 is 77.8 Å². The maximum atomic E-state index is 14.3. The quantitative estimate of drug-likeness (QED) is 0.0363. The lowest BCUT2D eigenvalue weighted by Crippen LogP contribution is -2.58. The van der Waals surface area contributed by atoms with Gasteiger partial charge in [-0.1, -0.05) is 62.4 Å². The first kappa shape index (κ1) is 66.1. The van der Waals surface area contributed by atoms with Gasteiger partial charge in [0.1, 0.15) is 47.6 Å². The molecular formula is C56H76N14O16. The molecule has 2 aliphatic rings. The van der Waals surface area contributed by atoms with E-state index >= 15 is 0 Å². The highest BCUT2D eigenvalue weighted by atomic mass is 16.5. The lowest BCUT2D eigenvalue weighted by molar-refractivity contribution is -0.141. The SMILES string of the molecule is COC(=O)N[C@@H](CO)C(=O)N[C@@H](CC(C)C)C(=O)N[C@@H](CCC(=O)O)C(=O)N1CCCC1c1cn(-c2ccc(-c3ccc(-n4cc(C5CCCN5C(=O)[C@H](CCC(=O)O)NC(=O)[C@H](CC(C)C)NC(=O)[C@H](CO)NC(=O)OC)nn4)cc3)cc2)nn1. The number of benzene rings is 2. The average molecular weight is 1200 g/mol. The molecule has 2 aliphatic heterocycles. The second-order valence-corrected chi connectivity index (χ2v) is 21.8. The summed E-state index contributed by atoms with van der Waals surface area (Å²) in [5, 5.41) is 70.9. The number of nitrogens with zero attached hydrogens (tertiary/aromatic N) is 8. The Hall–Kier alpha value is -9.06. The molecule has 6 rings (SSSR count). The van der Waals surface area contributed by atoms with E-state index in [2.05, 4.69) is 62.0 Å². The number of methoxy groups -OCH3 is 2. The summed E-state index contributed by atoms with van der Waals surface area (Å²) in [7, 11) is 2.16. The first-order valence-electron chi connectivity index (χ1n) is 28.3. The summed E-state index contributed by atoms with van der Waals surface area (Å²) >= 11 is 0. The number of alkyl carbamates (subject to hydrolysis) is 2. The summed E-state index contributed by atoms with van der Waals surface area (Å²) in [4.78, 5) is 132. The number of carboxylic acid groups (broad SMARTS) is 2. The number of aromatic nitrogens is 6. The Labute approximate surface area is 495 Å². The van der Waals surface area contributed by atoms with E-state index in [9.17, 15) is 68.4 Å². The molecule has 30 nitrogen and oxygen atoms in total. The van der Waals surface area contributed by atoms with Gasteiger partial charge in [-0.05, 0) is 98.6 Å². The van der Waals surface area contributed by atoms with Crippen LogP contribution in [0.3, 0.4) is 0 Å². The number of carboxylic acids is 2. The summed E-state index contributed by atoms with van der Waals surface area (Å²) in [6.07, 6.45) is 2.41. The molecule has 4 aromatic rings. The van der Waals surface area contributed by atoms with Gasteiger partial charge in [-0.2, -0.15) is 0 Å². The molecule has 86 heavy (non-hydrogen) atoms. The van der Waals surface area contributed by atoms with Crippen LogP contribution in [0.2, 0.25) is 0 Å². The molecular weight excluding hydrogens is 1120 g/mol. The van der Waals surface area contributed by atoms with E-state index < -0.39 is 134 Å². The number of hydrogen-bond donors (Lipinski definition) is 10. The minimum Gasteiger partial charge on any atom is -0.481 e. The Morgan fingerprint density at radius 3 is 1.16 bits per heavy atom. The van der Waals surface area contributed by atoms with Gasteiger partial charge in [0, 0.05) is 25.9 Å². The van der Waals surface area contributed by atoms with Crippen LogP contribution in [0.1, 0.15) is 115 Å². The number of amides is 8. The van der Waals surface area contributed by atoms with Crippen molar-refractivity contribution in [1.29, 1.82) is 0 Å². The maximum Gasteiger partial charge on any atom is 0.407 e. The van der Waals surface area contributed by atoms with E-state index in [-0.39, 0.29) is 50.6 Å². The second-order valence-electron chi connectivity index (χ2n) is 21.8. The number of carbonyl (C=O) groups excluding carboxylic acids is 8. The Kier molecular flexibility index (Phi) is 24.0. The van der Waals surface area contributed by atoms with E-state index in [0.717, 1.165) is 25.3 Å². The molecule has 0 saturated carbocycles. The summed E-state index contributed by atoms with van der Waals surface area (Å²) in [6, 6.07) is 5.91. The molecule has 2 aromatic heterocycles. The van der Waals surface area contributed by atoms with Crippen LogP contribution >= 0.6 is 0 Å². The minimum atomic E-state index is -1.44. The third-order valence-electron chi connectivity index (χ3n) is 14.5. The van der Waals surface area contributed by atoms with E-state index in [4.69, 9.17) is 0 Å². The molecule has 0 radical (unpaired) electrons. The minimum absolute atomic E-state index is 0.107. The standard InChI is InChI=1S/C56H76N14O16/c1-31(2)25-39(59-51(79)43(29-71)61-55(83)85-5)49(77)57-37(19-21-47(73)74)53(81)67-23-7-9-45(67)41-27-69(65-63-41)35-15-11-33(12-16-35)34-13-17-36(18-14-34)70-28-42(64-66-70)46-10-8-24-68(46)54(82)38(20-22-48(75)76)58-50(78)40(26-32(3)4)60-52(80)44(30-72)62-56(84)86-6/h11-18,27-28,31-32,37-40,43-46,71-72H,7-10,19-26,29-30H2,1-6H3,(H,57,77)(H,58,78)(H,59,79)(H,60,80)(H,61,83)(H,62,84)(H,73,74)(H,75,76)/t37-,38-,39-,40-,43-,44-,45?,46?/m0/s1. The van der Waals surface area contributed by atoms with Gasteiger partial charge in [-0.25, -0.2) is 19.0 Å². The first-order chi connectivity index (χ1) is 41.0. The monoisotopic (exact) mass is 1200 g/mol. The van der Waals surface area contributed by atoms with Crippen molar-refractivity contribution in [2.24, 2.45) is 11.8 Å². The fourth-order valence-electron chi connectivity index (χ4n) is 10.1. The predicted octanol–water partition coefficient (Wildman–Crippen LogP) is 1.04. The molecule has 8 amide bonds. The Bertz CT molecular complexity index is 2820. The smallest absolute Gasteiger partial charge is 0.407 e. The molecule has 30 heteroatoms. The zero-order valence-corrected chi connectivity index (χ0v) is 48.7. The number of ether oxygens (including phenoxy) is 2. The summed E-state index contributed by atoms with van der Waals surface area (Å²) < 4.78 is 12.2. The lowest BCUT2D eigenvalue weighted by Gasteiger charge is -2.30. The molecule has 0 aliphatic carbocycles. The van der Waals surface area contributed by atoms with Gasteiger partial charge in [0.05, 0.1) is 63.3 Å². The van der Waals surface area contributed by atoms with Crippen LogP contribution in [0.5, 0.6) is 0 Å². The highest BCUT2D eigenvalue weighted by Gasteiger charge is 2.40. The maximum absolute atomic E-state index is 14.3.